The Labute approximate surface area is 164 Å². The number of anilines is 2. The number of para-hydroxylation sites is 1. The van der Waals surface area contributed by atoms with Crippen molar-refractivity contribution in [2.45, 2.75) is 0 Å². The van der Waals surface area contributed by atoms with Gasteiger partial charge in [0.05, 0.1) is 4.92 Å². The highest BCUT2D eigenvalue weighted by Crippen LogP contribution is 2.37. The Morgan fingerprint density at radius 2 is 1.86 bits per heavy atom. The highest BCUT2D eigenvalue weighted by atomic mass is 35.5. The molecule has 1 N–H and O–H groups in total. The van der Waals surface area contributed by atoms with Gasteiger partial charge < -0.3 is 10.1 Å². The molecule has 4 rings (SSSR count). The van der Waals surface area contributed by atoms with Crippen molar-refractivity contribution in [2.24, 2.45) is 0 Å². The van der Waals surface area contributed by atoms with E-state index in [1.807, 2.05) is 12.1 Å². The van der Waals surface area contributed by atoms with Crippen LogP contribution < -0.4 is 10.1 Å². The van der Waals surface area contributed by atoms with E-state index in [1.54, 1.807) is 48.7 Å². The average molecular weight is 394 g/mol. The van der Waals surface area contributed by atoms with Crippen LogP contribution in [-0.2, 0) is 0 Å². The number of nitrogens with one attached hydrogen (secondary N) is 1. The minimum Gasteiger partial charge on any atom is -0.431 e. The molecule has 0 amide bonds. The van der Waals surface area contributed by atoms with E-state index in [4.69, 9.17) is 16.3 Å². The topological polar surface area (TPSA) is 103 Å². The molecule has 0 aliphatic heterocycles. The largest absolute Gasteiger partial charge is 0.431 e. The van der Waals surface area contributed by atoms with Crippen molar-refractivity contribution in [1.29, 1.82) is 0 Å². The smallest absolute Gasteiger partial charge is 0.373 e. The van der Waals surface area contributed by atoms with Gasteiger partial charge in [-0.05, 0) is 30.3 Å². The van der Waals surface area contributed by atoms with E-state index in [0.717, 1.165) is 5.39 Å². The van der Waals surface area contributed by atoms with Crippen molar-refractivity contribution >= 4 is 39.7 Å². The molecule has 8 nitrogen and oxygen atoms in total. The number of ether oxygens (including phenoxy) is 1. The monoisotopic (exact) mass is 393 g/mol. The zero-order chi connectivity index (χ0) is 19.5. The number of nitro groups is 1. The first-order chi connectivity index (χ1) is 13.6. The highest BCUT2D eigenvalue weighted by Gasteiger charge is 2.26. The summed E-state index contributed by atoms with van der Waals surface area (Å²) < 4.78 is 5.76. The number of benzene rings is 2. The lowest BCUT2D eigenvalue weighted by atomic mass is 10.2. The van der Waals surface area contributed by atoms with E-state index in [0.29, 0.717) is 22.0 Å². The fourth-order valence-corrected chi connectivity index (χ4v) is 2.85. The van der Waals surface area contributed by atoms with Gasteiger partial charge in [0.15, 0.2) is 5.75 Å². The maximum Gasteiger partial charge on any atom is 0.373 e. The minimum absolute atomic E-state index is 0.00883. The maximum atomic E-state index is 11.7. The summed E-state index contributed by atoms with van der Waals surface area (Å²) in [5.41, 5.74) is 0.727. The Morgan fingerprint density at radius 1 is 1.04 bits per heavy atom. The van der Waals surface area contributed by atoms with Crippen molar-refractivity contribution in [1.82, 2.24) is 15.0 Å². The third kappa shape index (κ3) is 3.53. The fourth-order valence-electron chi connectivity index (χ4n) is 2.66. The highest BCUT2D eigenvalue weighted by molar-refractivity contribution is 6.30. The molecule has 2 aromatic heterocycles. The van der Waals surface area contributed by atoms with Gasteiger partial charge in [0.2, 0.25) is 5.82 Å². The molecule has 28 heavy (non-hydrogen) atoms. The fraction of sp³-hybridized carbons (Fsp3) is 0. The second-order valence-electron chi connectivity index (χ2n) is 5.70. The van der Waals surface area contributed by atoms with Crippen LogP contribution >= 0.6 is 11.6 Å². The molecule has 0 aliphatic rings. The van der Waals surface area contributed by atoms with Gasteiger partial charge in [-0.25, -0.2) is 4.98 Å². The van der Waals surface area contributed by atoms with E-state index in [1.165, 1.54) is 6.33 Å². The summed E-state index contributed by atoms with van der Waals surface area (Å²) in [7, 11) is 0. The molecule has 0 radical (unpaired) electrons. The van der Waals surface area contributed by atoms with Crippen LogP contribution in [0.1, 0.15) is 0 Å². The van der Waals surface area contributed by atoms with Gasteiger partial charge in [0, 0.05) is 22.3 Å². The van der Waals surface area contributed by atoms with Gasteiger partial charge >= 0.3 is 11.6 Å². The van der Waals surface area contributed by atoms with E-state index >= 15 is 0 Å². The van der Waals surface area contributed by atoms with Crippen LogP contribution in [-0.4, -0.2) is 19.9 Å². The quantitative estimate of drug-likeness (QED) is 0.370. The molecule has 0 saturated heterocycles. The number of rotatable bonds is 5. The first-order valence-corrected chi connectivity index (χ1v) is 8.53. The predicted molar refractivity (Wildman–Crippen MR) is 105 cm³/mol. The van der Waals surface area contributed by atoms with Crippen molar-refractivity contribution in [3.05, 3.63) is 82.3 Å². The predicted octanol–water partition coefficient (Wildman–Crippen LogP) is 5.12. The molecule has 4 aromatic rings. The zero-order valence-corrected chi connectivity index (χ0v) is 15.0. The van der Waals surface area contributed by atoms with E-state index in [2.05, 4.69) is 20.3 Å². The minimum atomic E-state index is -0.596. The van der Waals surface area contributed by atoms with Gasteiger partial charge in [-0.1, -0.05) is 35.9 Å². The third-order valence-corrected chi connectivity index (χ3v) is 4.10. The summed E-state index contributed by atoms with van der Waals surface area (Å²) in [5.74, 6) is 0.154. The summed E-state index contributed by atoms with van der Waals surface area (Å²) in [4.78, 5) is 23.3. The maximum absolute atomic E-state index is 11.7. The van der Waals surface area contributed by atoms with Gasteiger partial charge in [0.1, 0.15) is 11.8 Å². The standard InChI is InChI=1S/C19H12ClN5O3/c20-13-6-2-7-14(10-13)24-18-17(25(26)27)19(23-11-22-18)28-15-8-1-4-12-5-3-9-21-16(12)15/h1-11H,(H,22,23,24). The van der Waals surface area contributed by atoms with Crippen LogP contribution in [0.5, 0.6) is 11.6 Å². The number of pyridine rings is 1. The van der Waals surface area contributed by atoms with Crippen LogP contribution in [0.15, 0.2) is 67.1 Å². The second kappa shape index (κ2) is 7.45. The molecule has 0 aliphatic carbocycles. The molecule has 0 unspecified atom stereocenters. The van der Waals surface area contributed by atoms with Gasteiger partial charge in [-0.3, -0.25) is 15.1 Å². The number of aromatic nitrogens is 3. The molecular weight excluding hydrogens is 382 g/mol. The molecule has 0 fully saturated rings. The number of halogens is 1. The molecule has 2 heterocycles. The molecule has 0 atom stereocenters. The second-order valence-corrected chi connectivity index (χ2v) is 6.14. The number of fused-ring (bicyclic) bond motifs is 1. The SMILES string of the molecule is O=[N+]([O-])c1c(Nc2cccc(Cl)c2)ncnc1Oc1cccc2cccnc12. The summed E-state index contributed by atoms with van der Waals surface area (Å²) >= 11 is 5.97. The first kappa shape index (κ1) is 17.6. The molecule has 0 saturated carbocycles. The molecular formula is C19H12ClN5O3. The molecule has 0 spiro atoms. The van der Waals surface area contributed by atoms with E-state index in [9.17, 15) is 10.1 Å². The number of hydrogen-bond acceptors (Lipinski definition) is 7. The van der Waals surface area contributed by atoms with Crippen LogP contribution in [0.2, 0.25) is 5.02 Å². The average Bonchev–Trinajstić information content (AvgIpc) is 2.68. The Morgan fingerprint density at radius 3 is 2.68 bits per heavy atom. The van der Waals surface area contributed by atoms with Gasteiger partial charge in [-0.2, -0.15) is 4.98 Å². The van der Waals surface area contributed by atoms with Gasteiger partial charge in [-0.15, -0.1) is 0 Å². The Balaban J connectivity index is 1.76. The normalized spacial score (nSPS) is 10.6. The number of hydrogen-bond donors (Lipinski definition) is 1. The molecule has 138 valence electrons. The van der Waals surface area contributed by atoms with E-state index < -0.39 is 10.6 Å². The van der Waals surface area contributed by atoms with Gasteiger partial charge in [0.25, 0.3) is 0 Å². The summed E-state index contributed by atoms with van der Waals surface area (Å²) in [6.45, 7) is 0. The van der Waals surface area contributed by atoms with Crippen LogP contribution in [0.4, 0.5) is 17.2 Å². The Kier molecular flexibility index (Phi) is 4.69. The molecule has 2 aromatic carbocycles. The van der Waals surface area contributed by atoms with Crippen LogP contribution in [0, 0.1) is 10.1 Å². The Bertz CT molecular complexity index is 1180. The first-order valence-electron chi connectivity index (χ1n) is 8.15. The van der Waals surface area contributed by atoms with Crippen molar-refractivity contribution < 1.29 is 9.66 Å². The molecule has 9 heteroatoms. The zero-order valence-electron chi connectivity index (χ0n) is 14.2. The van der Waals surface area contributed by atoms with Crippen LogP contribution in [0.3, 0.4) is 0 Å². The van der Waals surface area contributed by atoms with E-state index in [-0.39, 0.29) is 11.7 Å². The summed E-state index contributed by atoms with van der Waals surface area (Å²) in [6, 6.07) is 15.7. The lowest BCUT2D eigenvalue weighted by molar-refractivity contribution is -0.385. The van der Waals surface area contributed by atoms with Crippen molar-refractivity contribution in [3.8, 4) is 11.6 Å². The van der Waals surface area contributed by atoms with Crippen molar-refractivity contribution in [2.75, 3.05) is 5.32 Å². The lowest BCUT2D eigenvalue weighted by Gasteiger charge is -2.10. The third-order valence-electron chi connectivity index (χ3n) is 3.86. The summed E-state index contributed by atoms with van der Waals surface area (Å²) in [5, 5.41) is 15.9. The number of nitrogens with zero attached hydrogens (tertiary/aromatic N) is 4. The lowest BCUT2D eigenvalue weighted by Crippen LogP contribution is -2.03. The Hall–Kier alpha value is -3.78. The molecule has 0 bridgehead atoms. The van der Waals surface area contributed by atoms with Crippen LogP contribution in [0.25, 0.3) is 10.9 Å². The van der Waals surface area contributed by atoms with Crippen molar-refractivity contribution in [3.63, 3.8) is 0 Å². The summed E-state index contributed by atoms with van der Waals surface area (Å²) in [6.07, 6.45) is 2.81.